The number of nitrogens with one attached hydrogen (secondary N) is 2. The van der Waals surface area contributed by atoms with Gasteiger partial charge < -0.3 is 19.9 Å². The zero-order chi connectivity index (χ0) is 26.8. The summed E-state index contributed by atoms with van der Waals surface area (Å²) in [6.45, 7) is 2.44. The Balaban J connectivity index is 1.53. The second kappa shape index (κ2) is 10.5. The minimum Gasteiger partial charge on any atom is -0.465 e. The molecule has 3 amide bonds. The third kappa shape index (κ3) is 5.15. The second-order valence-corrected chi connectivity index (χ2v) is 9.84. The minimum atomic E-state index is -1.18. The van der Waals surface area contributed by atoms with E-state index in [4.69, 9.17) is 5.11 Å². The molecule has 4 heterocycles. The molecule has 2 aliphatic rings. The highest BCUT2D eigenvalue weighted by molar-refractivity contribution is 5.99. The van der Waals surface area contributed by atoms with Crippen molar-refractivity contribution in [2.45, 2.75) is 38.6 Å². The number of amides is 3. The summed E-state index contributed by atoms with van der Waals surface area (Å²) in [5.74, 6) is -0.464. The average Bonchev–Trinajstić information content (AvgIpc) is 3.32. The Morgan fingerprint density at radius 1 is 1.18 bits per heavy atom. The van der Waals surface area contributed by atoms with Gasteiger partial charge in [0.25, 0.3) is 0 Å². The maximum Gasteiger partial charge on any atom is 0.409 e. The number of hydrogen-bond acceptors (Lipinski definition) is 5. The van der Waals surface area contributed by atoms with Crippen LogP contribution in [0.25, 0.3) is 16.7 Å². The van der Waals surface area contributed by atoms with Crippen LogP contribution in [0.3, 0.4) is 0 Å². The number of benzene rings is 1. The SMILES string of the molecule is C[C@@H]1CCC[C@H](N2CCC(c3cncn3C)=CC2=O)c2cc(ccn2)-c2ccc(NC(=O)O)cc2NC1=O. The van der Waals surface area contributed by atoms with Crippen LogP contribution in [0.15, 0.2) is 55.1 Å². The summed E-state index contributed by atoms with van der Waals surface area (Å²) >= 11 is 0. The number of hydrogen-bond donors (Lipinski definition) is 3. The van der Waals surface area contributed by atoms with Crippen molar-refractivity contribution in [2.24, 2.45) is 13.0 Å². The maximum absolute atomic E-state index is 13.4. The van der Waals surface area contributed by atoms with Crippen molar-refractivity contribution in [3.63, 3.8) is 0 Å². The number of carboxylic acid groups (broad SMARTS) is 1. The monoisotopic (exact) mass is 514 g/mol. The fourth-order valence-corrected chi connectivity index (χ4v) is 5.20. The van der Waals surface area contributed by atoms with Crippen molar-refractivity contribution < 1.29 is 19.5 Å². The van der Waals surface area contributed by atoms with E-state index in [1.54, 1.807) is 43.0 Å². The molecule has 2 aliphatic heterocycles. The molecule has 38 heavy (non-hydrogen) atoms. The van der Waals surface area contributed by atoms with Gasteiger partial charge in [-0.05, 0) is 54.7 Å². The molecule has 0 unspecified atom stereocenters. The van der Waals surface area contributed by atoms with E-state index in [-0.39, 0.29) is 23.8 Å². The highest BCUT2D eigenvalue weighted by Crippen LogP contribution is 2.36. The van der Waals surface area contributed by atoms with Gasteiger partial charge in [-0.2, -0.15) is 0 Å². The lowest BCUT2D eigenvalue weighted by atomic mass is 9.93. The number of aromatic nitrogens is 3. The van der Waals surface area contributed by atoms with Gasteiger partial charge in [-0.15, -0.1) is 0 Å². The third-order valence-electron chi connectivity index (χ3n) is 7.25. The highest BCUT2D eigenvalue weighted by atomic mass is 16.4. The van der Waals surface area contributed by atoms with Gasteiger partial charge in [0.1, 0.15) is 0 Å². The Morgan fingerprint density at radius 2 is 2.03 bits per heavy atom. The Labute approximate surface area is 220 Å². The van der Waals surface area contributed by atoms with Crippen LogP contribution in [0.5, 0.6) is 0 Å². The fourth-order valence-electron chi connectivity index (χ4n) is 5.20. The number of aryl methyl sites for hydroxylation is 1. The number of anilines is 2. The first-order valence-corrected chi connectivity index (χ1v) is 12.7. The topological polar surface area (TPSA) is 129 Å². The number of pyridine rings is 1. The van der Waals surface area contributed by atoms with E-state index < -0.39 is 6.09 Å². The van der Waals surface area contributed by atoms with Crippen LogP contribution in [0.2, 0.25) is 0 Å². The Bertz CT molecular complexity index is 1430. The van der Waals surface area contributed by atoms with Gasteiger partial charge in [-0.3, -0.25) is 19.9 Å². The predicted molar refractivity (Wildman–Crippen MR) is 143 cm³/mol. The molecular weight excluding hydrogens is 484 g/mol. The number of carbonyl (C=O) groups excluding carboxylic acids is 2. The molecule has 2 bridgehead atoms. The van der Waals surface area contributed by atoms with Gasteiger partial charge in [-0.25, -0.2) is 9.78 Å². The summed E-state index contributed by atoms with van der Waals surface area (Å²) < 4.78 is 1.91. The number of fused-ring (bicyclic) bond motifs is 4. The van der Waals surface area contributed by atoms with Crippen molar-refractivity contribution >= 4 is 34.9 Å². The molecule has 196 valence electrons. The summed E-state index contributed by atoms with van der Waals surface area (Å²) in [4.78, 5) is 48.3. The first kappa shape index (κ1) is 25.2. The smallest absolute Gasteiger partial charge is 0.409 e. The highest BCUT2D eigenvalue weighted by Gasteiger charge is 2.30. The molecular formula is C28H30N6O4. The van der Waals surface area contributed by atoms with Crippen molar-refractivity contribution in [3.8, 4) is 11.1 Å². The molecule has 0 fully saturated rings. The van der Waals surface area contributed by atoms with E-state index in [1.165, 1.54) is 0 Å². The number of imidazole rings is 1. The van der Waals surface area contributed by atoms with Gasteiger partial charge >= 0.3 is 6.09 Å². The van der Waals surface area contributed by atoms with Crippen molar-refractivity contribution in [1.29, 1.82) is 0 Å². The quantitative estimate of drug-likeness (QED) is 0.465. The van der Waals surface area contributed by atoms with E-state index >= 15 is 0 Å². The summed E-state index contributed by atoms with van der Waals surface area (Å²) in [5, 5.41) is 14.5. The summed E-state index contributed by atoms with van der Waals surface area (Å²) in [6.07, 6.45) is 8.50. The average molecular weight is 515 g/mol. The van der Waals surface area contributed by atoms with E-state index in [2.05, 4.69) is 20.6 Å². The fraction of sp³-hybridized carbons (Fsp3) is 0.321. The Morgan fingerprint density at radius 3 is 2.76 bits per heavy atom. The maximum atomic E-state index is 13.4. The van der Waals surface area contributed by atoms with Gasteiger partial charge in [0.15, 0.2) is 0 Å². The van der Waals surface area contributed by atoms with Crippen LogP contribution in [0.4, 0.5) is 16.2 Å². The Kier molecular flexibility index (Phi) is 6.95. The summed E-state index contributed by atoms with van der Waals surface area (Å²) in [7, 11) is 1.91. The summed E-state index contributed by atoms with van der Waals surface area (Å²) in [5.41, 5.74) is 5.12. The minimum absolute atomic E-state index is 0.0627. The number of nitrogens with zero attached hydrogens (tertiary/aromatic N) is 4. The molecule has 2 atom stereocenters. The van der Waals surface area contributed by atoms with Gasteiger partial charge in [0.2, 0.25) is 11.8 Å². The summed E-state index contributed by atoms with van der Waals surface area (Å²) in [6, 6.07) is 8.63. The lowest BCUT2D eigenvalue weighted by molar-refractivity contribution is -0.129. The molecule has 1 aromatic carbocycles. The molecule has 5 rings (SSSR count). The molecule has 10 heteroatoms. The normalized spacial score (nSPS) is 19.9. The van der Waals surface area contributed by atoms with Gasteiger partial charge in [0, 0.05) is 43.0 Å². The van der Waals surface area contributed by atoms with E-state index in [1.807, 2.05) is 35.6 Å². The lowest BCUT2D eigenvalue weighted by Crippen LogP contribution is -2.38. The lowest BCUT2D eigenvalue weighted by Gasteiger charge is -2.34. The zero-order valence-corrected chi connectivity index (χ0v) is 21.3. The van der Waals surface area contributed by atoms with Crippen molar-refractivity contribution in [2.75, 3.05) is 17.2 Å². The molecule has 10 nitrogen and oxygen atoms in total. The standard InChI is InChI=1S/C28H30N6O4/c1-17-4-3-5-24(34-11-9-19(13-26(34)35)25-15-29-16-33(25)2)23-12-18(8-10-30-23)21-7-6-20(31-28(37)38)14-22(21)32-27(17)36/h6-8,10,12-17,24,31H,3-5,9,11H2,1-2H3,(H,32,36)(H,37,38)/t17-,24+/m1/s1. The predicted octanol–water partition coefficient (Wildman–Crippen LogP) is 4.69. The largest absolute Gasteiger partial charge is 0.465 e. The molecule has 0 aliphatic carbocycles. The molecule has 2 aromatic heterocycles. The molecule has 3 N–H and O–H groups in total. The van der Waals surface area contributed by atoms with E-state index in [0.717, 1.165) is 34.5 Å². The Hall–Kier alpha value is -4.47. The number of carbonyl (C=O) groups is 3. The van der Waals surface area contributed by atoms with Crippen LogP contribution >= 0.6 is 0 Å². The van der Waals surface area contributed by atoms with Crippen LogP contribution in [-0.4, -0.2) is 49.0 Å². The van der Waals surface area contributed by atoms with Crippen LogP contribution < -0.4 is 10.6 Å². The van der Waals surface area contributed by atoms with Gasteiger partial charge in [0.05, 0.1) is 35.6 Å². The first-order chi connectivity index (χ1) is 18.3. The van der Waals surface area contributed by atoms with Crippen LogP contribution in [0.1, 0.15) is 50.0 Å². The third-order valence-corrected chi connectivity index (χ3v) is 7.25. The van der Waals surface area contributed by atoms with Crippen LogP contribution in [0, 0.1) is 5.92 Å². The molecule has 0 saturated carbocycles. The second-order valence-electron chi connectivity index (χ2n) is 9.84. The molecule has 0 radical (unpaired) electrons. The zero-order valence-electron chi connectivity index (χ0n) is 21.3. The molecule has 0 saturated heterocycles. The van der Waals surface area contributed by atoms with Crippen molar-refractivity contribution in [1.82, 2.24) is 19.4 Å². The van der Waals surface area contributed by atoms with Crippen LogP contribution in [-0.2, 0) is 16.6 Å². The first-order valence-electron chi connectivity index (χ1n) is 12.7. The van der Waals surface area contributed by atoms with Gasteiger partial charge in [-0.1, -0.05) is 19.4 Å². The van der Waals surface area contributed by atoms with E-state index in [0.29, 0.717) is 37.2 Å². The molecule has 0 spiro atoms. The van der Waals surface area contributed by atoms with Crippen molar-refractivity contribution in [3.05, 3.63) is 66.5 Å². The molecule has 3 aromatic rings. The van der Waals surface area contributed by atoms with E-state index in [9.17, 15) is 14.4 Å². The number of rotatable bonds is 3.